The predicted octanol–water partition coefficient (Wildman–Crippen LogP) is 4.48. The number of amides is 1. The van der Waals surface area contributed by atoms with Crippen LogP contribution in [-0.4, -0.2) is 89.0 Å². The van der Waals surface area contributed by atoms with Crippen molar-refractivity contribution in [3.8, 4) is 22.6 Å². The van der Waals surface area contributed by atoms with Crippen LogP contribution in [0.4, 0.5) is 4.79 Å². The van der Waals surface area contributed by atoms with Crippen LogP contribution in [0.1, 0.15) is 25.8 Å². The summed E-state index contributed by atoms with van der Waals surface area (Å²) in [5.41, 5.74) is 2.70. The Morgan fingerprint density at radius 2 is 1.66 bits per heavy atom. The average Bonchev–Trinajstić information content (AvgIpc) is 3.69. The van der Waals surface area contributed by atoms with Crippen LogP contribution in [0.3, 0.4) is 0 Å². The van der Waals surface area contributed by atoms with Gasteiger partial charge in [0.15, 0.2) is 6.29 Å². The third kappa shape index (κ3) is 8.62. The smallest absolute Gasteiger partial charge is 0.407 e. The number of carbonyl (C=O) groups excluding carboxylic acids is 1. The SMILES string of the molecule is COc1ccc(S(=O)(=O)N(CC(C)C)C[C@@H](O)[C@H](Cc2cccc(-c3cccc(OC)c3)c2)NC(=O)O[C@H]2CO[C@H]3OCC[C@H]32)cc1. The number of aliphatic hydroxyl groups excluding tert-OH is 1. The molecule has 1 amide bonds. The highest BCUT2D eigenvalue weighted by molar-refractivity contribution is 7.89. The Kier molecular flexibility index (Phi) is 11.4. The highest BCUT2D eigenvalue weighted by Crippen LogP contribution is 2.33. The van der Waals surface area contributed by atoms with Gasteiger partial charge in [-0.3, -0.25) is 0 Å². The maximum absolute atomic E-state index is 13.8. The summed E-state index contributed by atoms with van der Waals surface area (Å²) in [5.74, 6) is 1.16. The molecule has 2 saturated heterocycles. The molecule has 3 aromatic rings. The van der Waals surface area contributed by atoms with E-state index in [1.54, 1.807) is 19.2 Å². The molecule has 0 aromatic heterocycles. The number of rotatable bonds is 14. The number of ether oxygens (including phenoxy) is 5. The van der Waals surface area contributed by atoms with Crippen molar-refractivity contribution in [2.45, 2.75) is 56.1 Å². The van der Waals surface area contributed by atoms with Crippen LogP contribution < -0.4 is 14.8 Å². The van der Waals surface area contributed by atoms with Crippen molar-refractivity contribution in [3.05, 3.63) is 78.4 Å². The van der Waals surface area contributed by atoms with Crippen LogP contribution in [0.2, 0.25) is 0 Å². The standard InChI is InChI=1S/C35H44N2O9S/c1-23(2)20-37(47(40,41)29-13-11-27(42-3)12-14-29)21-32(38)31(36-35(39)46-33-22-45-34-30(33)15-16-44-34)18-24-7-5-8-25(17-24)26-9-6-10-28(19-26)43-4/h5-14,17,19,23,30-34,38H,15-16,18,20-22H2,1-4H3,(H,36,39)/t30-,31-,32+,33-,34+/m0/s1. The number of sulfonamides is 1. The molecule has 47 heavy (non-hydrogen) atoms. The number of carbonyl (C=O) groups is 1. The zero-order valence-corrected chi connectivity index (χ0v) is 28.0. The van der Waals surface area contributed by atoms with Gasteiger partial charge in [-0.25, -0.2) is 13.2 Å². The Bertz CT molecular complexity index is 1600. The van der Waals surface area contributed by atoms with E-state index in [9.17, 15) is 18.3 Å². The third-order valence-corrected chi connectivity index (χ3v) is 10.3. The number of nitrogens with one attached hydrogen (secondary N) is 1. The van der Waals surface area contributed by atoms with E-state index in [2.05, 4.69) is 5.32 Å². The van der Waals surface area contributed by atoms with Crippen LogP contribution in [0.15, 0.2) is 77.7 Å². The third-order valence-electron chi connectivity index (χ3n) is 8.45. The lowest BCUT2D eigenvalue weighted by Gasteiger charge is -2.31. The minimum atomic E-state index is -4.00. The molecule has 0 spiro atoms. The molecule has 254 valence electrons. The number of aliphatic hydroxyl groups is 1. The van der Waals surface area contributed by atoms with Gasteiger partial charge in [-0.1, -0.05) is 50.2 Å². The Morgan fingerprint density at radius 3 is 2.36 bits per heavy atom. The van der Waals surface area contributed by atoms with E-state index in [1.165, 1.54) is 23.5 Å². The number of nitrogens with zero attached hydrogens (tertiary/aromatic N) is 1. The van der Waals surface area contributed by atoms with E-state index in [4.69, 9.17) is 23.7 Å². The first kappa shape index (κ1) is 34.6. The van der Waals surface area contributed by atoms with Gasteiger partial charge < -0.3 is 34.1 Å². The van der Waals surface area contributed by atoms with E-state index >= 15 is 0 Å². The maximum Gasteiger partial charge on any atom is 0.407 e. The number of benzene rings is 3. The Labute approximate surface area is 276 Å². The van der Waals surface area contributed by atoms with Gasteiger partial charge in [0, 0.05) is 13.1 Å². The van der Waals surface area contributed by atoms with Crippen molar-refractivity contribution < 1.29 is 42.0 Å². The minimum Gasteiger partial charge on any atom is -0.497 e. The lowest BCUT2D eigenvalue weighted by molar-refractivity contribution is -0.0907. The molecular weight excluding hydrogens is 624 g/mol. The first-order valence-electron chi connectivity index (χ1n) is 15.8. The lowest BCUT2D eigenvalue weighted by atomic mass is 9.97. The van der Waals surface area contributed by atoms with Gasteiger partial charge in [-0.2, -0.15) is 4.31 Å². The monoisotopic (exact) mass is 668 g/mol. The van der Waals surface area contributed by atoms with Crippen molar-refractivity contribution in [2.75, 3.05) is 40.5 Å². The number of fused-ring (bicyclic) bond motifs is 1. The molecule has 11 nitrogen and oxygen atoms in total. The maximum atomic E-state index is 13.8. The van der Waals surface area contributed by atoms with Gasteiger partial charge in [0.2, 0.25) is 10.0 Å². The Hall–Kier alpha value is -3.68. The largest absolute Gasteiger partial charge is 0.497 e. The minimum absolute atomic E-state index is 0.0323. The molecule has 2 aliphatic rings. The van der Waals surface area contributed by atoms with Gasteiger partial charge >= 0.3 is 6.09 Å². The van der Waals surface area contributed by atoms with E-state index in [0.29, 0.717) is 12.4 Å². The predicted molar refractivity (Wildman–Crippen MR) is 176 cm³/mol. The summed E-state index contributed by atoms with van der Waals surface area (Å²) >= 11 is 0. The van der Waals surface area contributed by atoms with E-state index < -0.39 is 34.4 Å². The molecule has 2 N–H and O–H groups in total. The number of alkyl carbamates (subject to hydrolysis) is 1. The molecule has 0 unspecified atom stereocenters. The summed E-state index contributed by atoms with van der Waals surface area (Å²) in [6, 6.07) is 20.7. The van der Waals surface area contributed by atoms with Gasteiger partial charge in [0.25, 0.3) is 0 Å². The molecular formula is C35H44N2O9S. The van der Waals surface area contributed by atoms with Crippen LogP contribution in [0.5, 0.6) is 11.5 Å². The first-order valence-corrected chi connectivity index (χ1v) is 17.3. The summed E-state index contributed by atoms with van der Waals surface area (Å²) in [6.07, 6.45) is -1.93. The molecule has 3 aromatic carbocycles. The molecule has 2 heterocycles. The quantitative estimate of drug-likeness (QED) is 0.255. The molecule has 5 rings (SSSR count). The normalized spacial score (nSPS) is 20.5. The van der Waals surface area contributed by atoms with Crippen molar-refractivity contribution >= 4 is 16.1 Å². The lowest BCUT2D eigenvalue weighted by Crippen LogP contribution is -2.51. The van der Waals surface area contributed by atoms with Gasteiger partial charge in [0.1, 0.15) is 17.6 Å². The van der Waals surface area contributed by atoms with Crippen LogP contribution in [0, 0.1) is 11.8 Å². The van der Waals surface area contributed by atoms with Crippen LogP contribution in [-0.2, 0) is 30.7 Å². The summed E-state index contributed by atoms with van der Waals surface area (Å²) in [5, 5.41) is 14.6. The molecule has 2 aliphatic heterocycles. The highest BCUT2D eigenvalue weighted by atomic mass is 32.2. The van der Waals surface area contributed by atoms with E-state index in [-0.39, 0.29) is 49.1 Å². The zero-order chi connectivity index (χ0) is 33.6. The van der Waals surface area contributed by atoms with Crippen molar-refractivity contribution in [3.63, 3.8) is 0 Å². The number of hydrogen-bond acceptors (Lipinski definition) is 9. The second-order valence-corrected chi connectivity index (χ2v) is 14.3. The summed E-state index contributed by atoms with van der Waals surface area (Å²) in [4.78, 5) is 13.4. The molecule has 0 radical (unpaired) electrons. The van der Waals surface area contributed by atoms with Crippen molar-refractivity contribution in [1.29, 1.82) is 0 Å². The van der Waals surface area contributed by atoms with Crippen LogP contribution in [0.25, 0.3) is 11.1 Å². The van der Waals surface area contributed by atoms with Crippen LogP contribution >= 0.6 is 0 Å². The molecule has 5 atom stereocenters. The zero-order valence-electron chi connectivity index (χ0n) is 27.2. The fraction of sp³-hybridized carbons (Fsp3) is 0.457. The van der Waals surface area contributed by atoms with Gasteiger partial charge in [-0.15, -0.1) is 0 Å². The number of hydrogen-bond donors (Lipinski definition) is 2. The van der Waals surface area contributed by atoms with Crippen molar-refractivity contribution in [1.82, 2.24) is 9.62 Å². The van der Waals surface area contributed by atoms with Crippen molar-refractivity contribution in [2.24, 2.45) is 11.8 Å². The van der Waals surface area contributed by atoms with E-state index in [0.717, 1.165) is 28.9 Å². The van der Waals surface area contributed by atoms with Gasteiger partial charge in [-0.05, 0) is 71.8 Å². The molecule has 0 aliphatic carbocycles. The molecule has 0 saturated carbocycles. The first-order chi connectivity index (χ1) is 22.6. The fourth-order valence-electron chi connectivity index (χ4n) is 6.00. The second-order valence-electron chi connectivity index (χ2n) is 12.3. The fourth-order valence-corrected chi connectivity index (χ4v) is 7.62. The summed E-state index contributed by atoms with van der Waals surface area (Å²) < 4.78 is 56.4. The average molecular weight is 669 g/mol. The summed E-state index contributed by atoms with van der Waals surface area (Å²) in [7, 11) is -0.876. The summed E-state index contributed by atoms with van der Waals surface area (Å²) in [6.45, 7) is 4.49. The second kappa shape index (κ2) is 15.5. The highest BCUT2D eigenvalue weighted by Gasteiger charge is 2.44. The Morgan fingerprint density at radius 1 is 0.957 bits per heavy atom. The molecule has 12 heteroatoms. The number of methoxy groups -OCH3 is 2. The molecule has 2 fully saturated rings. The van der Waals surface area contributed by atoms with E-state index in [1.807, 2.05) is 62.4 Å². The Balaban J connectivity index is 1.39. The topological polar surface area (TPSA) is 133 Å². The van der Waals surface area contributed by atoms with Gasteiger partial charge in [0.05, 0.1) is 50.4 Å². The molecule has 0 bridgehead atoms.